The maximum absolute atomic E-state index is 12.9. The zero-order valence-electron chi connectivity index (χ0n) is 17.7. The molecule has 3 aromatic carbocycles. The molecule has 1 amide bonds. The van der Waals surface area contributed by atoms with E-state index >= 15 is 0 Å². The van der Waals surface area contributed by atoms with Crippen LogP contribution in [-0.2, 0) is 14.8 Å². The first-order valence-electron chi connectivity index (χ1n) is 10.0. The van der Waals surface area contributed by atoms with Crippen LogP contribution in [0.5, 0.6) is 5.75 Å². The molecule has 0 aliphatic carbocycles. The van der Waals surface area contributed by atoms with E-state index in [1.165, 1.54) is 12.1 Å². The first-order valence-corrected chi connectivity index (χ1v) is 12.6. The summed E-state index contributed by atoms with van der Waals surface area (Å²) in [5.74, 6) is 0.240. The van der Waals surface area contributed by atoms with E-state index < -0.39 is 22.0 Å². The van der Waals surface area contributed by atoms with E-state index in [0.29, 0.717) is 10.8 Å². The molecule has 170 valence electrons. The van der Waals surface area contributed by atoms with Gasteiger partial charge in [-0.2, -0.15) is 0 Å². The van der Waals surface area contributed by atoms with Crippen LogP contribution in [0, 0.1) is 0 Å². The number of nitrogens with one attached hydrogen (secondary N) is 1. The molecule has 0 aromatic heterocycles. The predicted molar refractivity (Wildman–Crippen MR) is 130 cm³/mol. The van der Waals surface area contributed by atoms with Crippen molar-refractivity contribution in [3.8, 4) is 5.75 Å². The van der Waals surface area contributed by atoms with Crippen LogP contribution in [0.25, 0.3) is 10.8 Å². The quantitative estimate of drug-likeness (QED) is 0.429. The summed E-state index contributed by atoms with van der Waals surface area (Å²) in [5.41, 5.74) is 0.163. The molecule has 0 bridgehead atoms. The number of carbonyl (C=O) groups excluding carboxylic acids is 1. The van der Waals surface area contributed by atoms with Crippen LogP contribution in [0.3, 0.4) is 0 Å². The molecule has 0 spiro atoms. The number of hydrogen-bond acceptors (Lipinski definition) is 4. The number of anilines is 1. The summed E-state index contributed by atoms with van der Waals surface area (Å²) in [7, 11) is -3.81. The van der Waals surface area contributed by atoms with Gasteiger partial charge in [0.15, 0.2) is 0 Å². The minimum absolute atomic E-state index is 0.163. The number of fused-ring (bicyclic) bond motifs is 1. The highest BCUT2D eigenvalue weighted by Crippen LogP contribution is 2.33. The van der Waals surface area contributed by atoms with Gasteiger partial charge >= 0.3 is 0 Å². The summed E-state index contributed by atoms with van der Waals surface area (Å²) in [5, 5.41) is 5.42. The SMILES string of the molecule is CC[C@H](C(=O)NCCOc1ccc2ccccc2c1)N(c1cc(Cl)ccc1Cl)S(C)(=O)=O. The van der Waals surface area contributed by atoms with E-state index in [1.54, 1.807) is 13.0 Å². The monoisotopic (exact) mass is 494 g/mol. The molecule has 9 heteroatoms. The number of amides is 1. The third-order valence-electron chi connectivity index (χ3n) is 4.87. The van der Waals surface area contributed by atoms with Gasteiger partial charge in [0.25, 0.3) is 0 Å². The zero-order chi connectivity index (χ0) is 23.3. The average Bonchev–Trinajstić information content (AvgIpc) is 2.75. The van der Waals surface area contributed by atoms with Crippen LogP contribution in [0.2, 0.25) is 10.0 Å². The normalized spacial score (nSPS) is 12.4. The van der Waals surface area contributed by atoms with Crippen LogP contribution >= 0.6 is 23.2 Å². The first kappa shape index (κ1) is 24.2. The van der Waals surface area contributed by atoms with Crippen LogP contribution in [-0.4, -0.2) is 39.8 Å². The Morgan fingerprint density at radius 3 is 2.47 bits per heavy atom. The molecule has 0 saturated heterocycles. The van der Waals surface area contributed by atoms with E-state index in [1.807, 2.05) is 42.5 Å². The van der Waals surface area contributed by atoms with Gasteiger partial charge in [0.2, 0.25) is 15.9 Å². The van der Waals surface area contributed by atoms with Crippen molar-refractivity contribution in [3.05, 3.63) is 70.7 Å². The molecule has 1 N–H and O–H groups in total. The van der Waals surface area contributed by atoms with Crippen molar-refractivity contribution in [2.24, 2.45) is 0 Å². The molecule has 0 unspecified atom stereocenters. The second-order valence-corrected chi connectivity index (χ2v) is 9.93. The highest BCUT2D eigenvalue weighted by Gasteiger charge is 2.32. The van der Waals surface area contributed by atoms with Gasteiger partial charge in [-0.25, -0.2) is 8.42 Å². The second-order valence-electron chi connectivity index (χ2n) is 7.23. The second kappa shape index (κ2) is 10.4. The summed E-state index contributed by atoms with van der Waals surface area (Å²) < 4.78 is 31.8. The number of ether oxygens (including phenoxy) is 1. The summed E-state index contributed by atoms with van der Waals surface area (Å²) in [6.07, 6.45) is 1.27. The first-order chi connectivity index (χ1) is 15.2. The molecule has 1 atom stereocenters. The van der Waals surface area contributed by atoms with Crippen LogP contribution in [0.1, 0.15) is 13.3 Å². The highest BCUT2D eigenvalue weighted by molar-refractivity contribution is 7.92. The number of carbonyl (C=O) groups is 1. The number of sulfonamides is 1. The smallest absolute Gasteiger partial charge is 0.244 e. The van der Waals surface area contributed by atoms with Crippen LogP contribution < -0.4 is 14.4 Å². The zero-order valence-corrected chi connectivity index (χ0v) is 20.0. The lowest BCUT2D eigenvalue weighted by Gasteiger charge is -2.30. The molecule has 0 saturated carbocycles. The largest absolute Gasteiger partial charge is 0.492 e. The lowest BCUT2D eigenvalue weighted by atomic mass is 10.1. The molecule has 0 radical (unpaired) electrons. The lowest BCUT2D eigenvalue weighted by Crippen LogP contribution is -2.50. The number of halogens is 2. The van der Waals surface area contributed by atoms with E-state index in [9.17, 15) is 13.2 Å². The Hall–Kier alpha value is -2.48. The maximum Gasteiger partial charge on any atom is 0.244 e. The Kier molecular flexibility index (Phi) is 7.87. The summed E-state index contributed by atoms with van der Waals surface area (Å²) >= 11 is 12.3. The van der Waals surface area contributed by atoms with Gasteiger partial charge in [-0.3, -0.25) is 9.10 Å². The molecule has 0 aliphatic heterocycles. The predicted octanol–water partition coefficient (Wildman–Crippen LogP) is 4.89. The average molecular weight is 495 g/mol. The lowest BCUT2D eigenvalue weighted by molar-refractivity contribution is -0.122. The highest BCUT2D eigenvalue weighted by atomic mass is 35.5. The number of hydrogen-bond donors (Lipinski definition) is 1. The van der Waals surface area contributed by atoms with Crippen molar-refractivity contribution in [1.29, 1.82) is 0 Å². The molecule has 0 aliphatic rings. The molecule has 6 nitrogen and oxygen atoms in total. The van der Waals surface area contributed by atoms with Crippen molar-refractivity contribution in [1.82, 2.24) is 5.32 Å². The van der Waals surface area contributed by atoms with E-state index in [-0.39, 0.29) is 30.3 Å². The van der Waals surface area contributed by atoms with Crippen LogP contribution in [0.4, 0.5) is 5.69 Å². The van der Waals surface area contributed by atoms with Gasteiger partial charge in [0, 0.05) is 5.02 Å². The fourth-order valence-electron chi connectivity index (χ4n) is 3.41. The molecular formula is C23H24Cl2N2O4S. The molecule has 0 fully saturated rings. The van der Waals surface area contributed by atoms with Gasteiger partial charge in [-0.15, -0.1) is 0 Å². The number of benzene rings is 3. The summed E-state index contributed by atoms with van der Waals surface area (Å²) in [6.45, 7) is 2.17. The Balaban J connectivity index is 1.67. The van der Waals surface area contributed by atoms with Crippen molar-refractivity contribution in [2.45, 2.75) is 19.4 Å². The minimum Gasteiger partial charge on any atom is -0.492 e. The standard InChI is InChI=1S/C23H24Cl2N2O4S/c1-3-21(27(32(2,29)30)22-15-18(24)9-11-20(22)25)23(28)26-12-13-31-19-10-8-16-6-4-5-7-17(16)14-19/h4-11,14-15,21H,3,12-13H2,1-2H3,(H,26,28)/t21-/m1/s1. The van der Waals surface area contributed by atoms with Crippen molar-refractivity contribution >= 4 is 55.6 Å². The van der Waals surface area contributed by atoms with Crippen molar-refractivity contribution in [3.63, 3.8) is 0 Å². The summed E-state index contributed by atoms with van der Waals surface area (Å²) in [6, 6.07) is 17.2. The molecule has 32 heavy (non-hydrogen) atoms. The van der Waals surface area contributed by atoms with E-state index in [2.05, 4.69) is 5.32 Å². The molecular weight excluding hydrogens is 471 g/mol. The Labute approximate surface area is 198 Å². The Morgan fingerprint density at radius 1 is 1.06 bits per heavy atom. The maximum atomic E-state index is 12.9. The summed E-state index contributed by atoms with van der Waals surface area (Å²) in [4.78, 5) is 12.9. The van der Waals surface area contributed by atoms with E-state index in [0.717, 1.165) is 21.3 Å². The van der Waals surface area contributed by atoms with E-state index in [4.69, 9.17) is 27.9 Å². The van der Waals surface area contributed by atoms with Gasteiger partial charge < -0.3 is 10.1 Å². The van der Waals surface area contributed by atoms with Gasteiger partial charge in [0.1, 0.15) is 18.4 Å². The number of nitrogens with zero attached hydrogens (tertiary/aromatic N) is 1. The topological polar surface area (TPSA) is 75.7 Å². The molecule has 0 heterocycles. The molecule has 3 rings (SSSR count). The van der Waals surface area contributed by atoms with Crippen molar-refractivity contribution < 1.29 is 17.9 Å². The minimum atomic E-state index is -3.81. The van der Waals surface area contributed by atoms with Gasteiger partial charge in [-0.1, -0.05) is 60.5 Å². The number of rotatable bonds is 9. The fourth-order valence-corrected chi connectivity index (χ4v) is 5.05. The molecule has 3 aromatic rings. The van der Waals surface area contributed by atoms with Crippen molar-refractivity contribution in [2.75, 3.05) is 23.7 Å². The Bertz CT molecular complexity index is 1220. The fraction of sp³-hybridized carbons (Fsp3) is 0.261. The third kappa shape index (κ3) is 5.85. The van der Waals surface area contributed by atoms with Crippen LogP contribution in [0.15, 0.2) is 60.7 Å². The van der Waals surface area contributed by atoms with Gasteiger partial charge in [0.05, 0.1) is 23.5 Å². The third-order valence-corrected chi connectivity index (χ3v) is 6.59. The van der Waals surface area contributed by atoms with Gasteiger partial charge in [-0.05, 0) is 47.5 Å². The Morgan fingerprint density at radius 2 is 1.78 bits per heavy atom.